The quantitative estimate of drug-likeness (QED) is 0.729. The Morgan fingerprint density at radius 1 is 1.21 bits per heavy atom. The average molecular weight is 323 g/mol. The van der Waals surface area contributed by atoms with Crippen molar-refractivity contribution in [1.82, 2.24) is 19.7 Å². The minimum Gasteiger partial charge on any atom is -0.342 e. The molecule has 2 N–H and O–H groups in total. The highest BCUT2D eigenvalue weighted by Crippen LogP contribution is 2.22. The van der Waals surface area contributed by atoms with Crippen molar-refractivity contribution in [3.05, 3.63) is 55.1 Å². The number of nitrogens with one attached hydrogen (secondary N) is 2. The summed E-state index contributed by atoms with van der Waals surface area (Å²) in [6.45, 7) is 4.24. The van der Waals surface area contributed by atoms with Crippen molar-refractivity contribution in [2.45, 2.75) is 26.3 Å². The van der Waals surface area contributed by atoms with Gasteiger partial charge in [0, 0.05) is 23.6 Å². The van der Waals surface area contributed by atoms with Crippen LogP contribution < -0.4 is 5.32 Å². The fourth-order valence-electron chi connectivity index (χ4n) is 2.65. The van der Waals surface area contributed by atoms with E-state index in [2.05, 4.69) is 34.3 Å². The minimum absolute atomic E-state index is 0.00712. The molecule has 1 aromatic carbocycles. The van der Waals surface area contributed by atoms with Crippen LogP contribution in [0.3, 0.4) is 0 Å². The van der Waals surface area contributed by atoms with Gasteiger partial charge in [-0.05, 0) is 48.7 Å². The first kappa shape index (κ1) is 16.0. The molecule has 1 amide bonds. The van der Waals surface area contributed by atoms with E-state index in [0.29, 0.717) is 11.7 Å². The van der Waals surface area contributed by atoms with Crippen LogP contribution >= 0.6 is 0 Å². The number of rotatable bonds is 6. The van der Waals surface area contributed by atoms with Crippen molar-refractivity contribution < 1.29 is 4.79 Å². The Labute approximate surface area is 140 Å². The highest BCUT2D eigenvalue weighted by atomic mass is 16.2. The lowest BCUT2D eigenvalue weighted by molar-refractivity contribution is -0.119. The van der Waals surface area contributed by atoms with E-state index in [9.17, 15) is 4.79 Å². The number of amides is 1. The van der Waals surface area contributed by atoms with E-state index in [1.165, 1.54) is 6.33 Å². The Bertz CT molecular complexity index is 760. The van der Waals surface area contributed by atoms with Crippen molar-refractivity contribution in [3.8, 4) is 11.4 Å². The second-order valence-electron chi connectivity index (χ2n) is 6.18. The van der Waals surface area contributed by atoms with Gasteiger partial charge in [0.1, 0.15) is 12.4 Å². The van der Waals surface area contributed by atoms with E-state index in [1.807, 2.05) is 53.4 Å². The summed E-state index contributed by atoms with van der Waals surface area (Å²) in [7, 11) is 0. The predicted octanol–water partition coefficient (Wildman–Crippen LogP) is 3.50. The molecule has 0 bridgehead atoms. The summed E-state index contributed by atoms with van der Waals surface area (Å²) in [6, 6.07) is 11.2. The van der Waals surface area contributed by atoms with Crippen molar-refractivity contribution >= 4 is 11.6 Å². The molecule has 3 aromatic rings. The van der Waals surface area contributed by atoms with E-state index >= 15 is 0 Å². The molecule has 0 radical (unpaired) electrons. The van der Waals surface area contributed by atoms with Crippen LogP contribution in [0.15, 0.2) is 55.1 Å². The minimum atomic E-state index is -0.214. The summed E-state index contributed by atoms with van der Waals surface area (Å²) >= 11 is 0. The van der Waals surface area contributed by atoms with Gasteiger partial charge in [-0.3, -0.25) is 9.89 Å². The third kappa shape index (κ3) is 3.71. The second-order valence-corrected chi connectivity index (χ2v) is 6.18. The van der Waals surface area contributed by atoms with Crippen LogP contribution in [0.25, 0.3) is 11.4 Å². The van der Waals surface area contributed by atoms with Crippen molar-refractivity contribution in [1.29, 1.82) is 0 Å². The van der Waals surface area contributed by atoms with Gasteiger partial charge in [-0.2, -0.15) is 5.10 Å². The lowest BCUT2D eigenvalue weighted by Gasteiger charge is -2.20. The molecule has 0 aliphatic rings. The molecule has 0 saturated heterocycles. The Morgan fingerprint density at radius 2 is 1.92 bits per heavy atom. The molecule has 2 aromatic heterocycles. The number of aromatic amines is 1. The third-order valence-electron chi connectivity index (χ3n) is 3.83. The second kappa shape index (κ2) is 7.12. The number of nitrogens with zero attached hydrogens (tertiary/aromatic N) is 3. The largest absolute Gasteiger partial charge is 0.342 e. The van der Waals surface area contributed by atoms with Gasteiger partial charge in [-0.15, -0.1) is 0 Å². The summed E-state index contributed by atoms with van der Waals surface area (Å²) in [4.78, 5) is 16.8. The smallest absolute Gasteiger partial charge is 0.247 e. The Morgan fingerprint density at radius 3 is 2.50 bits per heavy atom. The van der Waals surface area contributed by atoms with Crippen molar-refractivity contribution in [2.75, 3.05) is 5.32 Å². The van der Waals surface area contributed by atoms with E-state index < -0.39 is 0 Å². The van der Waals surface area contributed by atoms with Crippen LogP contribution in [-0.2, 0) is 4.79 Å². The topological polar surface area (TPSA) is 75.6 Å². The molecule has 0 fully saturated rings. The van der Waals surface area contributed by atoms with Crippen LogP contribution in [0, 0.1) is 5.92 Å². The molecule has 0 saturated carbocycles. The number of aromatic nitrogens is 4. The van der Waals surface area contributed by atoms with Crippen LogP contribution in [-0.4, -0.2) is 25.7 Å². The molecule has 0 aliphatic carbocycles. The SMILES string of the molecule is CC(C)C[C@@H](C(=O)Nc1ccc(-c2ncn[nH]2)cc1)n1cccc1. The van der Waals surface area contributed by atoms with Crippen LogP contribution in [0.4, 0.5) is 5.69 Å². The summed E-state index contributed by atoms with van der Waals surface area (Å²) in [5.74, 6) is 1.13. The third-order valence-corrected chi connectivity index (χ3v) is 3.83. The number of carbonyl (C=O) groups is 1. The fourth-order valence-corrected chi connectivity index (χ4v) is 2.65. The summed E-state index contributed by atoms with van der Waals surface area (Å²) in [5.41, 5.74) is 1.69. The van der Waals surface area contributed by atoms with Crippen LogP contribution in [0.5, 0.6) is 0 Å². The zero-order valence-corrected chi connectivity index (χ0v) is 13.8. The maximum absolute atomic E-state index is 12.7. The van der Waals surface area contributed by atoms with Gasteiger partial charge in [0.25, 0.3) is 0 Å². The number of hydrogen-bond acceptors (Lipinski definition) is 3. The first-order valence-corrected chi connectivity index (χ1v) is 8.02. The van der Waals surface area contributed by atoms with Gasteiger partial charge in [0.05, 0.1) is 0 Å². The first-order chi connectivity index (χ1) is 11.6. The normalized spacial score (nSPS) is 12.3. The van der Waals surface area contributed by atoms with Gasteiger partial charge in [0.15, 0.2) is 5.82 Å². The Kier molecular flexibility index (Phi) is 4.74. The van der Waals surface area contributed by atoms with E-state index in [4.69, 9.17) is 0 Å². The van der Waals surface area contributed by atoms with Gasteiger partial charge in [0.2, 0.25) is 5.91 Å². The maximum Gasteiger partial charge on any atom is 0.247 e. The number of hydrogen-bond donors (Lipinski definition) is 2. The van der Waals surface area contributed by atoms with E-state index in [-0.39, 0.29) is 11.9 Å². The molecular weight excluding hydrogens is 302 g/mol. The van der Waals surface area contributed by atoms with Gasteiger partial charge >= 0.3 is 0 Å². The number of benzene rings is 1. The Balaban J connectivity index is 1.72. The predicted molar refractivity (Wildman–Crippen MR) is 93.4 cm³/mol. The van der Waals surface area contributed by atoms with E-state index in [0.717, 1.165) is 17.7 Å². The fraction of sp³-hybridized carbons (Fsp3) is 0.278. The summed E-state index contributed by atoms with van der Waals surface area (Å²) in [5, 5.41) is 9.66. The molecule has 124 valence electrons. The molecule has 0 unspecified atom stereocenters. The number of carbonyl (C=O) groups excluding carboxylic acids is 1. The van der Waals surface area contributed by atoms with Crippen LogP contribution in [0.2, 0.25) is 0 Å². The highest BCUT2D eigenvalue weighted by Gasteiger charge is 2.21. The van der Waals surface area contributed by atoms with Gasteiger partial charge in [-0.1, -0.05) is 13.8 Å². The van der Waals surface area contributed by atoms with E-state index in [1.54, 1.807) is 0 Å². The zero-order valence-electron chi connectivity index (χ0n) is 13.8. The average Bonchev–Trinajstić information content (AvgIpc) is 3.26. The Hall–Kier alpha value is -2.89. The number of anilines is 1. The lowest BCUT2D eigenvalue weighted by Crippen LogP contribution is -2.26. The van der Waals surface area contributed by atoms with Gasteiger partial charge < -0.3 is 9.88 Å². The first-order valence-electron chi connectivity index (χ1n) is 8.02. The zero-order chi connectivity index (χ0) is 16.9. The molecule has 0 aliphatic heterocycles. The molecular formula is C18H21N5O. The number of H-pyrrole nitrogens is 1. The van der Waals surface area contributed by atoms with Crippen molar-refractivity contribution in [2.24, 2.45) is 5.92 Å². The molecule has 2 heterocycles. The molecule has 1 atom stereocenters. The standard InChI is InChI=1S/C18H21N5O/c1-13(2)11-16(23-9-3-4-10-23)18(24)21-15-7-5-14(6-8-15)17-19-12-20-22-17/h3-10,12-13,16H,11H2,1-2H3,(H,21,24)(H,19,20,22)/t16-/m0/s1. The van der Waals surface area contributed by atoms with Gasteiger partial charge in [-0.25, -0.2) is 4.98 Å². The molecule has 0 spiro atoms. The van der Waals surface area contributed by atoms with Crippen molar-refractivity contribution in [3.63, 3.8) is 0 Å². The molecule has 6 heteroatoms. The molecule has 6 nitrogen and oxygen atoms in total. The monoisotopic (exact) mass is 323 g/mol. The summed E-state index contributed by atoms with van der Waals surface area (Å²) in [6.07, 6.45) is 6.12. The maximum atomic E-state index is 12.7. The highest BCUT2D eigenvalue weighted by molar-refractivity contribution is 5.93. The van der Waals surface area contributed by atoms with Crippen LogP contribution in [0.1, 0.15) is 26.3 Å². The summed E-state index contributed by atoms with van der Waals surface area (Å²) < 4.78 is 1.96. The lowest BCUT2D eigenvalue weighted by atomic mass is 10.0. The molecule has 24 heavy (non-hydrogen) atoms. The molecule has 3 rings (SSSR count).